The number of piperidine rings is 1. The van der Waals surface area contributed by atoms with Crippen LogP contribution < -0.4 is 0 Å². The maximum atomic E-state index is 14.0. The number of rotatable bonds is 6. The van der Waals surface area contributed by atoms with Gasteiger partial charge in [-0.15, -0.1) is 11.3 Å². The van der Waals surface area contributed by atoms with E-state index in [-0.39, 0.29) is 36.9 Å². The lowest BCUT2D eigenvalue weighted by atomic mass is 9.66. The summed E-state index contributed by atoms with van der Waals surface area (Å²) in [6.45, 7) is 0.231. The number of nitriles is 1. The van der Waals surface area contributed by atoms with E-state index in [0.717, 1.165) is 16.8 Å². The molecule has 0 saturated carbocycles. The fourth-order valence-electron chi connectivity index (χ4n) is 5.36. The zero-order chi connectivity index (χ0) is 27.2. The van der Waals surface area contributed by atoms with Gasteiger partial charge in [0.25, 0.3) is 0 Å². The molecule has 0 bridgehead atoms. The number of ketones is 1. The molecular weight excluding hydrogens is 537 g/mol. The zero-order valence-corrected chi connectivity index (χ0v) is 22.3. The Balaban J connectivity index is 1.37. The van der Waals surface area contributed by atoms with Gasteiger partial charge in [-0.1, -0.05) is 17.7 Å². The smallest absolute Gasteiger partial charge is 0.218 e. The number of fused-ring (bicyclic) bond motifs is 2. The first-order valence-corrected chi connectivity index (χ1v) is 14.7. The predicted molar refractivity (Wildman–Crippen MR) is 144 cm³/mol. The molecule has 3 heterocycles. The fourth-order valence-corrected chi connectivity index (χ4v) is 7.62. The van der Waals surface area contributed by atoms with E-state index in [2.05, 4.69) is 10.1 Å². The molecule has 0 spiro atoms. The molecular formula is C28H22FN5O3S2. The van der Waals surface area contributed by atoms with E-state index in [1.54, 1.807) is 58.9 Å². The largest absolute Gasteiger partial charge is 0.290 e. The monoisotopic (exact) mass is 559 g/mol. The Kier molecular flexibility index (Phi) is 6.26. The second-order valence-corrected chi connectivity index (χ2v) is 12.6. The van der Waals surface area contributed by atoms with Gasteiger partial charge in [0, 0.05) is 24.7 Å². The van der Waals surface area contributed by atoms with Gasteiger partial charge in [0.2, 0.25) is 15.8 Å². The van der Waals surface area contributed by atoms with E-state index >= 15 is 0 Å². The van der Waals surface area contributed by atoms with Crippen LogP contribution in [0.1, 0.15) is 38.6 Å². The summed E-state index contributed by atoms with van der Waals surface area (Å²) in [5.74, 6) is -0.782. The van der Waals surface area contributed by atoms with Crippen LogP contribution >= 0.6 is 11.3 Å². The first-order chi connectivity index (χ1) is 18.8. The van der Waals surface area contributed by atoms with Crippen molar-refractivity contribution >= 4 is 33.2 Å². The molecule has 2 aromatic heterocycles. The molecule has 2 aromatic carbocycles. The van der Waals surface area contributed by atoms with Crippen LogP contribution in [-0.2, 0) is 22.2 Å². The highest BCUT2D eigenvalue weighted by atomic mass is 32.2. The van der Waals surface area contributed by atoms with Crippen molar-refractivity contribution in [3.05, 3.63) is 105 Å². The van der Waals surface area contributed by atoms with Gasteiger partial charge in [-0.05, 0) is 66.4 Å². The fraction of sp³-hybridized carbons (Fsp3) is 0.214. The number of Topliss-reactive ketones (excluding diaryl/α,β-unsaturated/α-hetero) is 1. The molecule has 1 atom stereocenters. The number of benzene rings is 2. The molecule has 0 N–H and O–H groups in total. The average molecular weight is 560 g/mol. The van der Waals surface area contributed by atoms with Crippen molar-refractivity contribution in [1.29, 1.82) is 5.26 Å². The second-order valence-electron chi connectivity index (χ2n) is 9.69. The maximum Gasteiger partial charge on any atom is 0.218 e. The third kappa shape index (κ3) is 4.50. The van der Waals surface area contributed by atoms with Crippen molar-refractivity contribution in [3.63, 3.8) is 0 Å². The molecule has 4 aromatic rings. The molecule has 8 nitrogen and oxygen atoms in total. The minimum Gasteiger partial charge on any atom is -0.290 e. The average Bonchev–Trinajstić information content (AvgIpc) is 3.62. The van der Waals surface area contributed by atoms with Crippen LogP contribution in [-0.4, -0.2) is 46.4 Å². The minimum atomic E-state index is -3.77. The number of carbonyl (C=O) groups excluding carboxylic acids is 1. The molecule has 196 valence electrons. The van der Waals surface area contributed by atoms with Gasteiger partial charge in [0.05, 0.1) is 40.4 Å². The topological polar surface area (TPSA) is 109 Å². The highest BCUT2D eigenvalue weighted by molar-refractivity contribution is 7.88. The molecule has 11 heteroatoms. The number of aromatic nitrogens is 3. The molecule has 39 heavy (non-hydrogen) atoms. The van der Waals surface area contributed by atoms with Crippen molar-refractivity contribution < 1.29 is 17.6 Å². The zero-order valence-electron chi connectivity index (χ0n) is 20.6. The number of hydrogen-bond donors (Lipinski definition) is 0. The quantitative estimate of drug-likeness (QED) is 0.324. The molecule has 1 aliphatic heterocycles. The summed E-state index contributed by atoms with van der Waals surface area (Å²) < 4.78 is 43.8. The summed E-state index contributed by atoms with van der Waals surface area (Å²) in [5, 5.41) is 15.6. The summed E-state index contributed by atoms with van der Waals surface area (Å²) >= 11 is 1.24. The van der Waals surface area contributed by atoms with Gasteiger partial charge in [0.1, 0.15) is 5.82 Å². The first-order valence-electron chi connectivity index (χ1n) is 12.2. The van der Waals surface area contributed by atoms with Gasteiger partial charge in [-0.3, -0.25) is 4.79 Å². The van der Waals surface area contributed by atoms with Crippen molar-refractivity contribution in [3.8, 4) is 11.8 Å². The molecule has 6 rings (SSSR count). The van der Waals surface area contributed by atoms with Gasteiger partial charge >= 0.3 is 0 Å². The molecule has 2 aliphatic rings. The van der Waals surface area contributed by atoms with Crippen LogP contribution in [0.5, 0.6) is 0 Å². The Hall–Kier alpha value is -3.98. The minimum absolute atomic E-state index is 0.00295. The van der Waals surface area contributed by atoms with E-state index in [1.165, 1.54) is 27.8 Å². The van der Waals surface area contributed by atoms with E-state index in [9.17, 15) is 17.6 Å². The van der Waals surface area contributed by atoms with Crippen LogP contribution in [0.4, 0.5) is 4.39 Å². The van der Waals surface area contributed by atoms with Crippen molar-refractivity contribution in [2.75, 3.05) is 13.1 Å². The summed E-state index contributed by atoms with van der Waals surface area (Å²) in [6, 6.07) is 14.5. The van der Waals surface area contributed by atoms with E-state index in [1.807, 2.05) is 12.1 Å². The van der Waals surface area contributed by atoms with E-state index in [0.29, 0.717) is 28.2 Å². The standard InChI is InChI=1S/C28H22FN5O3S2/c29-23-5-7-24(8-6-23)34-25-13-22-9-11-33(39(36,37)17-20-3-1-19(15-30)2-4-20)18-28(22,14-21(25)16-32-34)26(35)27-31-10-12-38-27/h1-8,10,12-13,16H,9,11,14,17-18H2/t28-/m0/s1. The Labute approximate surface area is 228 Å². The number of nitrogens with zero attached hydrogens (tertiary/aromatic N) is 5. The maximum absolute atomic E-state index is 14.0. The van der Waals surface area contributed by atoms with Gasteiger partial charge < -0.3 is 0 Å². The van der Waals surface area contributed by atoms with Crippen LogP contribution in [0.3, 0.4) is 0 Å². The lowest BCUT2D eigenvalue weighted by Gasteiger charge is -2.44. The molecule has 0 amide bonds. The Bertz CT molecular complexity index is 1740. The first kappa shape index (κ1) is 25.3. The molecule has 0 unspecified atom stereocenters. The number of sulfonamides is 1. The number of halogens is 1. The number of carbonyl (C=O) groups is 1. The third-order valence-electron chi connectivity index (χ3n) is 7.34. The van der Waals surface area contributed by atoms with Crippen LogP contribution in [0.2, 0.25) is 0 Å². The Morgan fingerprint density at radius 1 is 1.15 bits per heavy atom. The van der Waals surface area contributed by atoms with Gasteiger partial charge in [-0.2, -0.15) is 14.7 Å². The summed E-state index contributed by atoms with van der Waals surface area (Å²) in [7, 11) is -3.77. The normalized spacial score (nSPS) is 19.0. The molecule has 0 radical (unpaired) electrons. The Morgan fingerprint density at radius 3 is 2.62 bits per heavy atom. The van der Waals surface area contributed by atoms with Crippen LogP contribution in [0, 0.1) is 22.6 Å². The lowest BCUT2D eigenvalue weighted by molar-refractivity contribution is 0.0775. The van der Waals surface area contributed by atoms with E-state index < -0.39 is 15.4 Å². The van der Waals surface area contributed by atoms with Crippen molar-refractivity contribution in [1.82, 2.24) is 19.1 Å². The predicted octanol–water partition coefficient (Wildman–Crippen LogP) is 4.38. The summed E-state index contributed by atoms with van der Waals surface area (Å²) in [4.78, 5) is 18.3. The molecule has 1 aliphatic carbocycles. The molecule has 1 fully saturated rings. The van der Waals surface area contributed by atoms with Crippen molar-refractivity contribution in [2.45, 2.75) is 18.6 Å². The molecule has 1 saturated heterocycles. The highest BCUT2D eigenvalue weighted by Crippen LogP contribution is 2.47. The summed E-state index contributed by atoms with van der Waals surface area (Å²) in [5.41, 5.74) is 3.04. The van der Waals surface area contributed by atoms with Crippen LogP contribution in [0.15, 0.2) is 71.9 Å². The Morgan fingerprint density at radius 2 is 1.92 bits per heavy atom. The third-order valence-corrected chi connectivity index (χ3v) is 9.91. The highest BCUT2D eigenvalue weighted by Gasteiger charge is 2.51. The van der Waals surface area contributed by atoms with Gasteiger partial charge in [-0.25, -0.2) is 22.5 Å². The van der Waals surface area contributed by atoms with Crippen molar-refractivity contribution in [2.24, 2.45) is 5.41 Å². The number of hydrogen-bond acceptors (Lipinski definition) is 7. The lowest BCUT2D eigenvalue weighted by Crippen LogP contribution is -2.53. The van der Waals surface area contributed by atoms with E-state index in [4.69, 9.17) is 5.26 Å². The SMILES string of the molecule is N#Cc1ccc(CS(=O)(=O)N2CCC3=Cc4c(cnn4-c4ccc(F)cc4)C[C@]3(C(=O)c3nccs3)C2)cc1. The van der Waals surface area contributed by atoms with Gasteiger partial charge in [0.15, 0.2) is 5.01 Å². The second kappa shape index (κ2) is 9.64. The summed E-state index contributed by atoms with van der Waals surface area (Å²) in [6.07, 6.45) is 5.84. The number of thiazole rings is 1. The van der Waals surface area contributed by atoms with Crippen LogP contribution in [0.25, 0.3) is 11.8 Å².